The average Bonchev–Trinajstić information content (AvgIpc) is 2.88. The molecular weight excluding hydrogens is 264 g/mol. The summed E-state index contributed by atoms with van der Waals surface area (Å²) in [5.41, 5.74) is 2.78. The van der Waals surface area contributed by atoms with Crippen LogP contribution in [0.1, 0.15) is 26.1 Å². The molecule has 0 unspecified atom stereocenters. The van der Waals surface area contributed by atoms with Crippen molar-refractivity contribution < 1.29 is 4.74 Å². The smallest absolute Gasteiger partial charge is 0.157 e. The first-order valence-electron chi connectivity index (χ1n) is 7.20. The average molecular weight is 282 g/mol. The molecule has 0 N–H and O–H groups in total. The van der Waals surface area contributed by atoms with Crippen LogP contribution in [-0.4, -0.2) is 27.5 Å². The number of ether oxygens (including phenoxy) is 1. The molecule has 2 heterocycles. The molecule has 0 aliphatic rings. The third kappa shape index (κ3) is 2.52. The summed E-state index contributed by atoms with van der Waals surface area (Å²) in [4.78, 5) is 9.07. The van der Waals surface area contributed by atoms with Gasteiger partial charge >= 0.3 is 0 Å². The highest BCUT2D eigenvalue weighted by molar-refractivity contribution is 6.02. The van der Waals surface area contributed by atoms with Gasteiger partial charge in [0, 0.05) is 18.2 Å². The zero-order chi connectivity index (χ0) is 14.7. The van der Waals surface area contributed by atoms with E-state index in [1.54, 1.807) is 6.20 Å². The molecule has 108 valence electrons. The summed E-state index contributed by atoms with van der Waals surface area (Å²) in [5.74, 6) is 0.801. The Labute approximate surface area is 123 Å². The number of nitrogens with zero attached hydrogens (tertiary/aromatic N) is 4. The fourth-order valence-electron chi connectivity index (χ4n) is 2.31. The number of hydrogen-bond donors (Lipinski definition) is 0. The van der Waals surface area contributed by atoms with Crippen LogP contribution >= 0.6 is 0 Å². The predicted molar refractivity (Wildman–Crippen MR) is 84.5 cm³/mol. The number of benzene rings is 1. The maximum absolute atomic E-state index is 5.50. The van der Waals surface area contributed by atoms with Crippen molar-refractivity contribution in [1.82, 2.24) is 14.6 Å². The molecule has 0 aliphatic heterocycles. The van der Waals surface area contributed by atoms with Crippen LogP contribution in [0.15, 0.2) is 35.6 Å². The van der Waals surface area contributed by atoms with Gasteiger partial charge in [0.1, 0.15) is 17.6 Å². The van der Waals surface area contributed by atoms with Crippen LogP contribution < -0.4 is 0 Å². The van der Waals surface area contributed by atoms with Crippen LogP contribution in [0.5, 0.6) is 0 Å². The molecule has 0 saturated heterocycles. The van der Waals surface area contributed by atoms with Gasteiger partial charge in [0.25, 0.3) is 0 Å². The van der Waals surface area contributed by atoms with Crippen molar-refractivity contribution in [3.8, 4) is 0 Å². The first kappa shape index (κ1) is 13.7. The molecule has 0 saturated carbocycles. The number of rotatable bonds is 5. The van der Waals surface area contributed by atoms with E-state index in [4.69, 9.17) is 4.74 Å². The molecule has 3 rings (SSSR count). The quantitative estimate of drug-likeness (QED) is 0.674. The second-order valence-electron chi connectivity index (χ2n) is 4.69. The SMILES string of the molecule is CCC=Nn1c(COCC)nc2cnc3ccccc3c21. The van der Waals surface area contributed by atoms with Crippen LogP contribution in [0, 0.1) is 0 Å². The summed E-state index contributed by atoms with van der Waals surface area (Å²) in [6.07, 6.45) is 4.55. The number of fused-ring (bicyclic) bond motifs is 3. The molecule has 5 heteroatoms. The minimum atomic E-state index is 0.445. The molecule has 2 aromatic heterocycles. The highest BCUT2D eigenvalue weighted by Gasteiger charge is 2.13. The topological polar surface area (TPSA) is 52.3 Å². The third-order valence-corrected chi connectivity index (χ3v) is 3.25. The van der Waals surface area contributed by atoms with Gasteiger partial charge in [0.15, 0.2) is 5.82 Å². The first-order valence-corrected chi connectivity index (χ1v) is 7.20. The van der Waals surface area contributed by atoms with E-state index in [0.717, 1.165) is 34.2 Å². The van der Waals surface area contributed by atoms with E-state index in [9.17, 15) is 0 Å². The number of para-hydroxylation sites is 1. The van der Waals surface area contributed by atoms with E-state index in [-0.39, 0.29) is 0 Å². The summed E-state index contributed by atoms with van der Waals surface area (Å²) in [6.45, 7) is 5.13. The molecule has 0 amide bonds. The molecular formula is C16H18N4O. The summed E-state index contributed by atoms with van der Waals surface area (Å²) < 4.78 is 7.38. The van der Waals surface area contributed by atoms with E-state index in [2.05, 4.69) is 28.1 Å². The minimum Gasteiger partial charge on any atom is -0.374 e. The van der Waals surface area contributed by atoms with Crippen molar-refractivity contribution in [3.63, 3.8) is 0 Å². The number of hydrogen-bond acceptors (Lipinski definition) is 4. The molecule has 0 fully saturated rings. The maximum Gasteiger partial charge on any atom is 0.157 e. The van der Waals surface area contributed by atoms with Crippen LogP contribution in [0.4, 0.5) is 0 Å². The second kappa shape index (κ2) is 6.01. The number of imidazole rings is 1. The summed E-state index contributed by atoms with van der Waals surface area (Å²) in [6, 6.07) is 8.04. The molecule has 0 radical (unpaired) electrons. The normalized spacial score (nSPS) is 11.9. The monoisotopic (exact) mass is 282 g/mol. The Morgan fingerprint density at radius 2 is 2.10 bits per heavy atom. The standard InChI is InChI=1S/C16H18N4O/c1-3-9-18-20-15(11-21-4-2)19-14-10-17-13-8-6-5-7-12(13)16(14)20/h5-10H,3-4,11H2,1-2H3. The van der Waals surface area contributed by atoms with E-state index in [1.165, 1.54) is 0 Å². The fourth-order valence-corrected chi connectivity index (χ4v) is 2.31. The number of pyridine rings is 1. The molecule has 1 aromatic carbocycles. The Morgan fingerprint density at radius 1 is 1.24 bits per heavy atom. The van der Waals surface area contributed by atoms with E-state index < -0.39 is 0 Å². The maximum atomic E-state index is 5.50. The van der Waals surface area contributed by atoms with Gasteiger partial charge in [-0.1, -0.05) is 25.1 Å². The summed E-state index contributed by atoms with van der Waals surface area (Å²) in [7, 11) is 0. The Balaban J connectivity index is 2.27. The van der Waals surface area contributed by atoms with Crippen LogP contribution in [0.3, 0.4) is 0 Å². The van der Waals surface area contributed by atoms with Gasteiger partial charge in [-0.05, 0) is 19.4 Å². The summed E-state index contributed by atoms with van der Waals surface area (Å²) in [5, 5.41) is 5.59. The van der Waals surface area contributed by atoms with Crippen molar-refractivity contribution in [2.45, 2.75) is 26.9 Å². The fraction of sp³-hybridized carbons (Fsp3) is 0.312. The second-order valence-corrected chi connectivity index (χ2v) is 4.69. The lowest BCUT2D eigenvalue weighted by molar-refractivity contribution is 0.126. The molecule has 0 spiro atoms. The zero-order valence-electron chi connectivity index (χ0n) is 12.3. The van der Waals surface area contributed by atoms with Crippen LogP contribution in [-0.2, 0) is 11.3 Å². The first-order chi connectivity index (χ1) is 10.3. The minimum absolute atomic E-state index is 0.445. The van der Waals surface area contributed by atoms with Gasteiger partial charge in [-0.15, -0.1) is 0 Å². The Morgan fingerprint density at radius 3 is 2.90 bits per heavy atom. The Hall–Kier alpha value is -2.27. The highest BCUT2D eigenvalue weighted by Crippen LogP contribution is 2.24. The van der Waals surface area contributed by atoms with Gasteiger partial charge in [0.05, 0.1) is 11.7 Å². The number of aromatic nitrogens is 3. The lowest BCUT2D eigenvalue weighted by Crippen LogP contribution is -2.01. The van der Waals surface area contributed by atoms with Gasteiger partial charge in [-0.25, -0.2) is 9.66 Å². The van der Waals surface area contributed by atoms with Crippen molar-refractivity contribution in [2.24, 2.45) is 5.10 Å². The van der Waals surface area contributed by atoms with Gasteiger partial charge in [0.2, 0.25) is 0 Å². The van der Waals surface area contributed by atoms with E-state index in [1.807, 2.05) is 36.0 Å². The van der Waals surface area contributed by atoms with Gasteiger partial charge in [-0.3, -0.25) is 4.98 Å². The van der Waals surface area contributed by atoms with Crippen LogP contribution in [0.25, 0.3) is 21.9 Å². The predicted octanol–water partition coefficient (Wildman–Crippen LogP) is 3.36. The van der Waals surface area contributed by atoms with Crippen molar-refractivity contribution in [1.29, 1.82) is 0 Å². The van der Waals surface area contributed by atoms with Crippen LogP contribution in [0.2, 0.25) is 0 Å². The molecule has 0 bridgehead atoms. The van der Waals surface area contributed by atoms with Gasteiger partial charge < -0.3 is 4.74 Å². The summed E-state index contributed by atoms with van der Waals surface area (Å²) >= 11 is 0. The molecule has 0 atom stereocenters. The lowest BCUT2D eigenvalue weighted by atomic mass is 10.2. The van der Waals surface area contributed by atoms with E-state index in [0.29, 0.717) is 13.2 Å². The Bertz CT molecular complexity index is 791. The molecule has 5 nitrogen and oxygen atoms in total. The lowest BCUT2D eigenvalue weighted by Gasteiger charge is -2.04. The van der Waals surface area contributed by atoms with Crippen molar-refractivity contribution in [3.05, 3.63) is 36.3 Å². The largest absolute Gasteiger partial charge is 0.374 e. The molecule has 21 heavy (non-hydrogen) atoms. The van der Waals surface area contributed by atoms with E-state index >= 15 is 0 Å². The Kier molecular flexibility index (Phi) is 3.92. The third-order valence-electron chi connectivity index (χ3n) is 3.25. The van der Waals surface area contributed by atoms with Crippen molar-refractivity contribution in [2.75, 3.05) is 6.61 Å². The highest BCUT2D eigenvalue weighted by atomic mass is 16.5. The molecule has 0 aliphatic carbocycles. The van der Waals surface area contributed by atoms with Gasteiger partial charge in [-0.2, -0.15) is 5.10 Å². The molecule has 3 aromatic rings. The zero-order valence-corrected chi connectivity index (χ0v) is 12.3. The van der Waals surface area contributed by atoms with Crippen molar-refractivity contribution >= 4 is 28.2 Å².